The third kappa shape index (κ3) is 3.72. The predicted octanol–water partition coefficient (Wildman–Crippen LogP) is 5.28. The molecule has 4 nitrogen and oxygen atoms in total. The number of pyridine rings is 1. The molecule has 1 N–H and O–H groups in total. The van der Waals surface area contributed by atoms with Gasteiger partial charge in [0, 0.05) is 36.4 Å². The fourth-order valence-corrected chi connectivity index (χ4v) is 4.98. The first-order valence-corrected chi connectivity index (χ1v) is 11.1. The lowest BCUT2D eigenvalue weighted by atomic mass is 9.95. The Kier molecular flexibility index (Phi) is 5.24. The topological polar surface area (TPSA) is 35.2 Å². The minimum atomic E-state index is 0.300. The van der Waals surface area contributed by atoms with Crippen LogP contribution in [0.5, 0.6) is 0 Å². The average Bonchev–Trinajstić information content (AvgIpc) is 3.13. The second-order valence-electron chi connectivity index (χ2n) is 8.83. The summed E-state index contributed by atoms with van der Waals surface area (Å²) in [5.41, 5.74) is 8.00. The zero-order valence-corrected chi connectivity index (χ0v) is 18.6. The molecule has 31 heavy (non-hydrogen) atoms. The van der Waals surface area contributed by atoms with E-state index in [1.807, 2.05) is 6.20 Å². The number of H-pyrrole nitrogens is 1. The smallest absolute Gasteiger partial charge is 0.153 e. The maximum atomic E-state index is 4.83. The third-order valence-corrected chi connectivity index (χ3v) is 6.60. The first kappa shape index (κ1) is 19.8. The van der Waals surface area contributed by atoms with Gasteiger partial charge in [-0.1, -0.05) is 54.6 Å². The summed E-state index contributed by atoms with van der Waals surface area (Å²) >= 11 is 0. The number of benzene rings is 2. The van der Waals surface area contributed by atoms with Crippen molar-refractivity contribution < 1.29 is 0 Å². The predicted molar refractivity (Wildman–Crippen MR) is 129 cm³/mol. The summed E-state index contributed by atoms with van der Waals surface area (Å²) in [5, 5.41) is 1.29. The van der Waals surface area contributed by atoms with E-state index >= 15 is 0 Å². The van der Waals surface area contributed by atoms with Gasteiger partial charge in [-0.15, -0.1) is 0 Å². The first-order valence-electron chi connectivity index (χ1n) is 11.1. The van der Waals surface area contributed by atoms with Crippen molar-refractivity contribution in [2.24, 2.45) is 0 Å². The van der Waals surface area contributed by atoms with Crippen LogP contribution >= 0.6 is 0 Å². The van der Waals surface area contributed by atoms with Crippen LogP contribution in [0.1, 0.15) is 34.0 Å². The Balaban J connectivity index is 1.55. The summed E-state index contributed by atoms with van der Waals surface area (Å²) in [6.45, 7) is 4.11. The molecule has 0 amide bonds. The molecule has 1 unspecified atom stereocenters. The molecule has 0 fully saturated rings. The Hall–Kier alpha value is -3.11. The minimum Gasteiger partial charge on any atom is -0.355 e. The normalized spacial score (nSPS) is 14.8. The molecule has 2 aromatic carbocycles. The number of likely N-dealkylation sites (N-methyl/N-ethyl adjacent to an activating group) is 1. The third-order valence-electron chi connectivity index (χ3n) is 6.60. The number of aromatic nitrogens is 2. The van der Waals surface area contributed by atoms with Gasteiger partial charge in [-0.2, -0.15) is 0 Å². The monoisotopic (exact) mass is 410 g/mol. The van der Waals surface area contributed by atoms with Crippen molar-refractivity contribution in [2.75, 3.05) is 25.5 Å². The summed E-state index contributed by atoms with van der Waals surface area (Å²) in [7, 11) is 4.35. The van der Waals surface area contributed by atoms with Crippen LogP contribution in [-0.2, 0) is 19.4 Å². The summed E-state index contributed by atoms with van der Waals surface area (Å²) in [6.07, 6.45) is 4.02. The van der Waals surface area contributed by atoms with Gasteiger partial charge in [0.2, 0.25) is 0 Å². The van der Waals surface area contributed by atoms with Gasteiger partial charge < -0.3 is 14.8 Å². The number of nitrogens with zero attached hydrogens (tertiary/aromatic N) is 3. The fraction of sp³-hybridized carbons (Fsp3) is 0.296. The number of aromatic amines is 1. The van der Waals surface area contributed by atoms with Crippen molar-refractivity contribution in [3.8, 4) is 0 Å². The van der Waals surface area contributed by atoms with Gasteiger partial charge in [0.25, 0.3) is 0 Å². The maximum Gasteiger partial charge on any atom is 0.153 e. The number of rotatable bonds is 5. The van der Waals surface area contributed by atoms with Gasteiger partial charge in [-0.25, -0.2) is 4.98 Å². The van der Waals surface area contributed by atoms with Crippen LogP contribution in [0, 0.1) is 6.92 Å². The van der Waals surface area contributed by atoms with Crippen LogP contribution in [0.15, 0.2) is 66.9 Å². The zero-order chi connectivity index (χ0) is 21.4. The minimum absolute atomic E-state index is 0.300. The van der Waals surface area contributed by atoms with Crippen molar-refractivity contribution in [1.82, 2.24) is 14.9 Å². The Morgan fingerprint density at radius 3 is 2.52 bits per heavy atom. The van der Waals surface area contributed by atoms with E-state index in [0.29, 0.717) is 6.04 Å². The Labute approximate surface area is 184 Å². The highest BCUT2D eigenvalue weighted by Crippen LogP contribution is 2.36. The van der Waals surface area contributed by atoms with Gasteiger partial charge in [-0.3, -0.25) is 0 Å². The van der Waals surface area contributed by atoms with E-state index in [1.54, 1.807) is 0 Å². The number of nitrogens with one attached hydrogen (secondary N) is 1. The lowest BCUT2D eigenvalue weighted by molar-refractivity contribution is 0.298. The average molecular weight is 411 g/mol. The molecule has 0 saturated carbocycles. The molecule has 1 aliphatic rings. The quantitative estimate of drug-likeness (QED) is 0.486. The largest absolute Gasteiger partial charge is 0.355 e. The van der Waals surface area contributed by atoms with E-state index in [2.05, 4.69) is 96.5 Å². The molecule has 3 heterocycles. The highest BCUT2D eigenvalue weighted by molar-refractivity contribution is 5.93. The molecule has 1 atom stereocenters. The standard InChI is InChI=1S/C27H30N4/c1-19-25(24(30(2)3)17-20-9-5-4-6-10-20)23-13-15-28-27(26(23)29-19)31-16-14-21-11-7-8-12-22(21)18-31/h4-13,15,24,29H,14,16-18H2,1-3H3. The van der Waals surface area contributed by atoms with Gasteiger partial charge in [-0.05, 0) is 62.2 Å². The molecule has 0 aliphatic carbocycles. The van der Waals surface area contributed by atoms with Crippen molar-refractivity contribution in [1.29, 1.82) is 0 Å². The summed E-state index contributed by atoms with van der Waals surface area (Å²) in [4.78, 5) is 13.3. The van der Waals surface area contributed by atoms with Crippen LogP contribution in [0.3, 0.4) is 0 Å². The van der Waals surface area contributed by atoms with E-state index in [1.165, 1.54) is 33.3 Å². The Morgan fingerprint density at radius 2 is 1.74 bits per heavy atom. The summed E-state index contributed by atoms with van der Waals surface area (Å²) in [5.74, 6) is 1.07. The molecule has 5 rings (SSSR count). The van der Waals surface area contributed by atoms with Gasteiger partial charge >= 0.3 is 0 Å². The molecule has 0 bridgehead atoms. The van der Waals surface area contributed by atoms with E-state index in [-0.39, 0.29) is 0 Å². The highest BCUT2D eigenvalue weighted by Gasteiger charge is 2.25. The van der Waals surface area contributed by atoms with Crippen LogP contribution in [0.2, 0.25) is 0 Å². The summed E-state index contributed by atoms with van der Waals surface area (Å²) in [6, 6.07) is 22.0. The zero-order valence-electron chi connectivity index (χ0n) is 18.6. The van der Waals surface area contributed by atoms with Crippen molar-refractivity contribution >= 4 is 16.7 Å². The van der Waals surface area contributed by atoms with Gasteiger partial charge in [0.05, 0.1) is 5.52 Å². The number of anilines is 1. The van der Waals surface area contributed by atoms with E-state index in [9.17, 15) is 0 Å². The molecule has 158 valence electrons. The molecule has 4 aromatic rings. The van der Waals surface area contributed by atoms with E-state index < -0.39 is 0 Å². The summed E-state index contributed by atoms with van der Waals surface area (Å²) < 4.78 is 0. The van der Waals surface area contributed by atoms with Gasteiger partial charge in [0.15, 0.2) is 5.82 Å². The molecule has 1 aliphatic heterocycles. The SMILES string of the molecule is Cc1[nH]c2c(N3CCc4ccccc4C3)nccc2c1C(Cc1ccccc1)N(C)C. The van der Waals surface area contributed by atoms with Crippen LogP contribution in [0.4, 0.5) is 5.82 Å². The highest BCUT2D eigenvalue weighted by atomic mass is 15.2. The Bertz CT molecular complexity index is 1190. The maximum absolute atomic E-state index is 4.83. The van der Waals surface area contributed by atoms with E-state index in [4.69, 9.17) is 4.98 Å². The van der Waals surface area contributed by atoms with Crippen molar-refractivity contribution in [3.05, 3.63) is 94.8 Å². The number of fused-ring (bicyclic) bond motifs is 2. The number of hydrogen-bond donors (Lipinski definition) is 1. The van der Waals surface area contributed by atoms with Crippen LogP contribution in [0.25, 0.3) is 10.9 Å². The fourth-order valence-electron chi connectivity index (χ4n) is 4.98. The van der Waals surface area contributed by atoms with Crippen LogP contribution in [-0.4, -0.2) is 35.5 Å². The molecule has 0 saturated heterocycles. The van der Waals surface area contributed by atoms with Crippen molar-refractivity contribution in [2.45, 2.75) is 32.4 Å². The number of aryl methyl sites for hydroxylation is 1. The second kappa shape index (κ2) is 8.20. The van der Waals surface area contributed by atoms with Crippen LogP contribution < -0.4 is 4.90 Å². The molecular weight excluding hydrogens is 380 g/mol. The van der Waals surface area contributed by atoms with Gasteiger partial charge in [0.1, 0.15) is 0 Å². The molecule has 0 spiro atoms. The van der Waals surface area contributed by atoms with Crippen molar-refractivity contribution in [3.63, 3.8) is 0 Å². The number of hydrogen-bond acceptors (Lipinski definition) is 3. The molecule has 2 aromatic heterocycles. The second-order valence-corrected chi connectivity index (χ2v) is 8.83. The van der Waals surface area contributed by atoms with E-state index in [0.717, 1.165) is 37.3 Å². The molecular formula is C27H30N4. The lowest BCUT2D eigenvalue weighted by Crippen LogP contribution is -2.31. The first-order chi connectivity index (χ1) is 15.1. The molecule has 4 heteroatoms. The Morgan fingerprint density at radius 1 is 1.00 bits per heavy atom. The lowest BCUT2D eigenvalue weighted by Gasteiger charge is -2.30. The molecule has 0 radical (unpaired) electrons.